The number of rotatable bonds is 56. The number of unbranched alkanes of at least 4 members (excludes halogenated alkanes) is 30. The number of allylic oxidation sites excluding steroid dienone is 9. The van der Waals surface area contributed by atoms with Gasteiger partial charge in [0.15, 0.2) is 6.10 Å². The second kappa shape index (κ2) is 56.4. The van der Waals surface area contributed by atoms with Crippen LogP contribution in [0.1, 0.15) is 278 Å². The summed E-state index contributed by atoms with van der Waals surface area (Å²) >= 11 is 0. The number of esters is 3. The molecule has 0 spiro atoms. The molecule has 0 aliphatic carbocycles. The minimum atomic E-state index is -4.77. The quantitative estimate of drug-likeness (QED) is 0.0197. The highest BCUT2D eigenvalue weighted by molar-refractivity contribution is 7.47. The number of phosphoric acid groups is 1. The Labute approximate surface area is 453 Å². The molecule has 0 saturated heterocycles. The number of carbonyl (C=O) groups is 3. The van der Waals surface area contributed by atoms with Crippen LogP contribution in [0.15, 0.2) is 60.8 Å². The molecule has 0 aliphatic rings. The third-order valence-electron chi connectivity index (χ3n) is 13.0. The van der Waals surface area contributed by atoms with E-state index in [0.717, 1.165) is 64.2 Å². The Morgan fingerprint density at radius 1 is 0.392 bits per heavy atom. The SMILES string of the molecule is CC/C=C\C/C=C\C/C=C\C/C=C\C/C=C\CC(=O)OC(COC(=O)CCCCCCCCCCCCCCCCCCC)COP(=O)(O)OCC(CO)OC(=O)CCCCCCCCCCCCCCCCC. The summed E-state index contributed by atoms with van der Waals surface area (Å²) in [5.41, 5.74) is 0. The van der Waals surface area contributed by atoms with E-state index in [0.29, 0.717) is 19.3 Å². The Balaban J connectivity index is 4.76. The third-order valence-corrected chi connectivity index (χ3v) is 13.9. The van der Waals surface area contributed by atoms with E-state index in [-0.39, 0.29) is 25.9 Å². The molecule has 0 bridgehead atoms. The van der Waals surface area contributed by atoms with Crippen molar-refractivity contribution in [3.63, 3.8) is 0 Å². The van der Waals surface area contributed by atoms with Gasteiger partial charge in [0.2, 0.25) is 0 Å². The first-order valence-corrected chi connectivity index (χ1v) is 31.7. The molecule has 74 heavy (non-hydrogen) atoms. The Kier molecular flexibility index (Phi) is 54.2. The molecule has 0 aromatic carbocycles. The minimum absolute atomic E-state index is 0.0620. The predicted molar refractivity (Wildman–Crippen MR) is 307 cm³/mol. The molecule has 0 aromatic heterocycles. The first-order chi connectivity index (χ1) is 36.2. The summed E-state index contributed by atoms with van der Waals surface area (Å²) in [6.07, 6.45) is 62.1. The van der Waals surface area contributed by atoms with Crippen LogP contribution >= 0.6 is 7.82 Å². The van der Waals surface area contributed by atoms with Crippen LogP contribution in [0.25, 0.3) is 0 Å². The fraction of sp³-hybridized carbons (Fsp3) is 0.790. The predicted octanol–water partition coefficient (Wildman–Crippen LogP) is 17.9. The molecular weight excluding hydrogens is 952 g/mol. The molecule has 2 N–H and O–H groups in total. The van der Waals surface area contributed by atoms with Crippen LogP contribution in [0, 0.1) is 0 Å². The molecule has 0 aliphatic heterocycles. The van der Waals surface area contributed by atoms with Crippen molar-refractivity contribution in [3.05, 3.63) is 60.8 Å². The normalized spacial score (nSPS) is 13.7. The van der Waals surface area contributed by atoms with Gasteiger partial charge in [-0.15, -0.1) is 0 Å². The van der Waals surface area contributed by atoms with E-state index >= 15 is 0 Å². The summed E-state index contributed by atoms with van der Waals surface area (Å²) in [7, 11) is -4.77. The molecule has 3 atom stereocenters. The van der Waals surface area contributed by atoms with E-state index in [1.54, 1.807) is 6.08 Å². The van der Waals surface area contributed by atoms with E-state index in [4.69, 9.17) is 23.3 Å². The summed E-state index contributed by atoms with van der Waals surface area (Å²) in [6, 6.07) is 0. The highest BCUT2D eigenvalue weighted by atomic mass is 31.2. The van der Waals surface area contributed by atoms with Crippen molar-refractivity contribution in [1.82, 2.24) is 0 Å². The van der Waals surface area contributed by atoms with Crippen LogP contribution < -0.4 is 0 Å². The lowest BCUT2D eigenvalue weighted by atomic mass is 10.0. The van der Waals surface area contributed by atoms with Gasteiger partial charge in [-0.25, -0.2) is 4.57 Å². The van der Waals surface area contributed by atoms with Gasteiger partial charge in [0, 0.05) is 12.8 Å². The molecule has 0 rings (SSSR count). The second-order valence-electron chi connectivity index (χ2n) is 20.2. The van der Waals surface area contributed by atoms with E-state index in [2.05, 4.69) is 63.3 Å². The van der Waals surface area contributed by atoms with E-state index in [9.17, 15) is 28.9 Å². The lowest BCUT2D eigenvalue weighted by molar-refractivity contribution is -0.160. The van der Waals surface area contributed by atoms with E-state index < -0.39 is 57.8 Å². The van der Waals surface area contributed by atoms with Crippen molar-refractivity contribution in [3.8, 4) is 0 Å². The number of hydrogen-bond donors (Lipinski definition) is 2. The molecule has 0 amide bonds. The largest absolute Gasteiger partial charge is 0.472 e. The maximum absolute atomic E-state index is 12.9. The zero-order chi connectivity index (χ0) is 54.1. The average molecular weight is 1060 g/mol. The molecule has 12 heteroatoms. The number of ether oxygens (including phenoxy) is 3. The van der Waals surface area contributed by atoms with Crippen molar-refractivity contribution in [2.45, 2.75) is 290 Å². The van der Waals surface area contributed by atoms with Crippen LogP contribution in [-0.4, -0.2) is 66.5 Å². The van der Waals surface area contributed by atoms with Gasteiger partial charge in [0.1, 0.15) is 12.7 Å². The molecule has 0 saturated carbocycles. The Morgan fingerprint density at radius 2 is 0.703 bits per heavy atom. The molecule has 0 fully saturated rings. The van der Waals surface area contributed by atoms with Crippen molar-refractivity contribution in [2.75, 3.05) is 26.4 Å². The van der Waals surface area contributed by atoms with Crippen molar-refractivity contribution >= 4 is 25.7 Å². The van der Waals surface area contributed by atoms with Gasteiger partial charge < -0.3 is 24.2 Å². The zero-order valence-electron chi connectivity index (χ0n) is 47.6. The van der Waals surface area contributed by atoms with Crippen LogP contribution in [0.4, 0.5) is 0 Å². The van der Waals surface area contributed by atoms with Crippen molar-refractivity contribution < 1.29 is 52.2 Å². The standard InChI is InChI=1S/C62H111O11P/c1-4-7-10-13-16-19-22-25-28-29-32-33-36-39-42-45-48-51-60(64)69-55-59(73-62(66)53-50-47-44-41-38-35-31-27-24-21-18-15-12-9-6-3)57-71-74(67,68)70-56-58(54-63)72-61(65)52-49-46-43-40-37-34-30-26-23-20-17-14-11-8-5-2/h9,12,18,21,27,31,38,41,47,50,58-59,63H,4-8,10-11,13-17,19-20,22-26,28-30,32-37,39-40,42-46,48-49,51-57H2,1-3H3,(H,67,68)/b12-9-,21-18-,31-27-,41-38-,50-47-. The van der Waals surface area contributed by atoms with Gasteiger partial charge >= 0.3 is 25.7 Å². The van der Waals surface area contributed by atoms with Gasteiger partial charge in [0.25, 0.3) is 0 Å². The van der Waals surface area contributed by atoms with Crippen LogP contribution in [-0.2, 0) is 42.2 Å². The number of phosphoric ester groups is 1. The highest BCUT2D eigenvalue weighted by Gasteiger charge is 2.28. The van der Waals surface area contributed by atoms with Gasteiger partial charge in [-0.05, 0) is 44.9 Å². The lowest BCUT2D eigenvalue weighted by Gasteiger charge is -2.21. The van der Waals surface area contributed by atoms with Gasteiger partial charge in [-0.2, -0.15) is 0 Å². The number of aliphatic hydroxyl groups is 1. The Hall–Kier alpha value is -2.82. The molecule has 0 aromatic rings. The number of hydrogen-bond acceptors (Lipinski definition) is 10. The summed E-state index contributed by atoms with van der Waals surface area (Å²) in [6.45, 7) is 4.47. The average Bonchev–Trinajstić information content (AvgIpc) is 3.39. The first kappa shape index (κ1) is 71.2. The van der Waals surface area contributed by atoms with Crippen molar-refractivity contribution in [2.24, 2.45) is 0 Å². The van der Waals surface area contributed by atoms with E-state index in [1.165, 1.54) is 154 Å². The summed E-state index contributed by atoms with van der Waals surface area (Å²) < 4.78 is 39.4. The molecule has 0 radical (unpaired) electrons. The molecule has 11 nitrogen and oxygen atoms in total. The first-order valence-electron chi connectivity index (χ1n) is 30.2. The van der Waals surface area contributed by atoms with E-state index in [1.807, 2.05) is 12.2 Å². The molecule has 430 valence electrons. The smallest absolute Gasteiger partial charge is 0.462 e. The number of aliphatic hydroxyl groups excluding tert-OH is 1. The van der Waals surface area contributed by atoms with Crippen LogP contribution in [0.5, 0.6) is 0 Å². The van der Waals surface area contributed by atoms with Crippen LogP contribution in [0.2, 0.25) is 0 Å². The lowest BCUT2D eigenvalue weighted by Crippen LogP contribution is -2.30. The second-order valence-corrected chi connectivity index (χ2v) is 21.6. The summed E-state index contributed by atoms with van der Waals surface area (Å²) in [5.74, 6) is -1.60. The maximum Gasteiger partial charge on any atom is 0.472 e. The topological polar surface area (TPSA) is 155 Å². The maximum atomic E-state index is 12.9. The Morgan fingerprint density at radius 3 is 1.07 bits per heavy atom. The van der Waals surface area contributed by atoms with Gasteiger partial charge in [0.05, 0.1) is 26.2 Å². The Bertz CT molecular complexity index is 1470. The molecule has 3 unspecified atom stereocenters. The summed E-state index contributed by atoms with van der Waals surface area (Å²) in [4.78, 5) is 48.5. The highest BCUT2D eigenvalue weighted by Crippen LogP contribution is 2.43. The fourth-order valence-corrected chi connectivity index (χ4v) is 9.22. The zero-order valence-corrected chi connectivity index (χ0v) is 48.5. The third kappa shape index (κ3) is 54.0. The minimum Gasteiger partial charge on any atom is -0.462 e. The van der Waals surface area contributed by atoms with Gasteiger partial charge in [-0.1, -0.05) is 274 Å². The monoisotopic (exact) mass is 1060 g/mol. The molecular formula is C62H111O11P. The summed E-state index contributed by atoms with van der Waals surface area (Å²) in [5, 5.41) is 9.82. The fourth-order valence-electron chi connectivity index (χ4n) is 8.43. The number of carbonyl (C=O) groups excluding carboxylic acids is 3. The molecule has 0 heterocycles. The van der Waals surface area contributed by atoms with Crippen molar-refractivity contribution in [1.29, 1.82) is 0 Å². The van der Waals surface area contributed by atoms with Crippen LogP contribution in [0.3, 0.4) is 0 Å². The van der Waals surface area contributed by atoms with Gasteiger partial charge in [-0.3, -0.25) is 23.4 Å².